The lowest BCUT2D eigenvalue weighted by atomic mass is 9.80. The highest BCUT2D eigenvalue weighted by Crippen LogP contribution is 2.47. The summed E-state index contributed by atoms with van der Waals surface area (Å²) < 4.78 is 5.57. The molecule has 1 N–H and O–H groups in total. The van der Waals surface area contributed by atoms with Crippen molar-refractivity contribution < 1.29 is 9.84 Å². The SMILES string of the molecule is N#Cc1cc2c(nc1N1C3CCC1CC(O)(c1ccccc1)C3)COCC2. The minimum atomic E-state index is -0.798. The van der Waals surface area contributed by atoms with E-state index in [1.54, 1.807) is 0 Å². The van der Waals surface area contributed by atoms with Crippen molar-refractivity contribution in [3.63, 3.8) is 0 Å². The van der Waals surface area contributed by atoms with Crippen molar-refractivity contribution in [1.82, 2.24) is 4.98 Å². The van der Waals surface area contributed by atoms with E-state index in [9.17, 15) is 10.4 Å². The first kappa shape index (κ1) is 16.7. The molecule has 27 heavy (non-hydrogen) atoms. The molecule has 5 nitrogen and oxygen atoms in total. The lowest BCUT2D eigenvalue weighted by Gasteiger charge is -2.45. The minimum Gasteiger partial charge on any atom is -0.385 e. The molecule has 0 amide bonds. The molecule has 0 saturated carbocycles. The van der Waals surface area contributed by atoms with Crippen molar-refractivity contribution in [3.8, 4) is 6.07 Å². The second-order valence-corrected chi connectivity index (χ2v) is 7.98. The zero-order chi connectivity index (χ0) is 18.4. The molecule has 138 valence electrons. The molecule has 2 aromatic rings. The highest BCUT2D eigenvalue weighted by Gasteiger charge is 2.49. The maximum Gasteiger partial charge on any atom is 0.147 e. The number of aliphatic hydroxyl groups is 1. The van der Waals surface area contributed by atoms with Crippen LogP contribution in [-0.4, -0.2) is 28.8 Å². The van der Waals surface area contributed by atoms with Crippen LogP contribution >= 0.6 is 0 Å². The molecule has 2 atom stereocenters. The number of aromatic nitrogens is 1. The summed E-state index contributed by atoms with van der Waals surface area (Å²) in [7, 11) is 0. The molecular weight excluding hydrogens is 338 g/mol. The summed E-state index contributed by atoms with van der Waals surface area (Å²) >= 11 is 0. The Kier molecular flexibility index (Phi) is 3.92. The van der Waals surface area contributed by atoms with E-state index in [4.69, 9.17) is 9.72 Å². The summed E-state index contributed by atoms with van der Waals surface area (Å²) in [6.07, 6.45) is 4.22. The van der Waals surface area contributed by atoms with Crippen LogP contribution in [0.25, 0.3) is 0 Å². The van der Waals surface area contributed by atoms with Crippen LogP contribution in [0.3, 0.4) is 0 Å². The van der Waals surface area contributed by atoms with Gasteiger partial charge < -0.3 is 14.7 Å². The Morgan fingerprint density at radius 3 is 2.63 bits per heavy atom. The third-order valence-electron chi connectivity index (χ3n) is 6.37. The van der Waals surface area contributed by atoms with Gasteiger partial charge in [-0.2, -0.15) is 5.26 Å². The van der Waals surface area contributed by atoms with Gasteiger partial charge in [-0.3, -0.25) is 0 Å². The van der Waals surface area contributed by atoms with Crippen LogP contribution in [0.2, 0.25) is 0 Å². The number of pyridine rings is 1. The van der Waals surface area contributed by atoms with E-state index >= 15 is 0 Å². The third kappa shape index (κ3) is 2.72. The minimum absolute atomic E-state index is 0.205. The largest absolute Gasteiger partial charge is 0.385 e. The summed E-state index contributed by atoms with van der Waals surface area (Å²) in [4.78, 5) is 7.18. The van der Waals surface area contributed by atoms with E-state index in [0.717, 1.165) is 41.9 Å². The number of ether oxygens (including phenoxy) is 1. The van der Waals surface area contributed by atoms with Gasteiger partial charge >= 0.3 is 0 Å². The van der Waals surface area contributed by atoms with Crippen molar-refractivity contribution in [2.45, 2.75) is 56.4 Å². The number of hydrogen-bond acceptors (Lipinski definition) is 5. The van der Waals surface area contributed by atoms with Crippen LogP contribution in [0.5, 0.6) is 0 Å². The lowest BCUT2D eigenvalue weighted by molar-refractivity contribution is -0.00323. The average molecular weight is 361 g/mol. The first-order chi connectivity index (χ1) is 13.2. The molecule has 0 spiro atoms. The van der Waals surface area contributed by atoms with Crippen LogP contribution in [0.15, 0.2) is 36.4 Å². The molecule has 3 aliphatic rings. The number of anilines is 1. The zero-order valence-electron chi connectivity index (χ0n) is 15.3. The van der Waals surface area contributed by atoms with Gasteiger partial charge in [-0.15, -0.1) is 0 Å². The van der Waals surface area contributed by atoms with Crippen molar-refractivity contribution >= 4 is 5.82 Å². The third-order valence-corrected chi connectivity index (χ3v) is 6.37. The number of rotatable bonds is 2. The molecule has 3 aliphatic heterocycles. The van der Waals surface area contributed by atoms with E-state index in [1.165, 1.54) is 0 Å². The van der Waals surface area contributed by atoms with Gasteiger partial charge in [0.15, 0.2) is 0 Å². The second-order valence-electron chi connectivity index (χ2n) is 7.98. The quantitative estimate of drug-likeness (QED) is 0.890. The van der Waals surface area contributed by atoms with Crippen LogP contribution in [0.1, 0.15) is 48.1 Å². The molecular formula is C22H23N3O2. The Morgan fingerprint density at radius 1 is 1.19 bits per heavy atom. The Hall–Kier alpha value is -2.42. The molecule has 0 radical (unpaired) electrons. The normalized spacial score (nSPS) is 29.3. The Bertz CT molecular complexity index is 892. The number of benzene rings is 1. The number of fused-ring (bicyclic) bond motifs is 3. The van der Waals surface area contributed by atoms with Crippen molar-refractivity contribution in [2.24, 2.45) is 0 Å². The first-order valence-electron chi connectivity index (χ1n) is 9.75. The molecule has 2 fully saturated rings. The van der Waals surface area contributed by atoms with Crippen molar-refractivity contribution in [1.29, 1.82) is 5.26 Å². The Labute approximate surface area is 159 Å². The fraction of sp³-hybridized carbons (Fsp3) is 0.455. The fourth-order valence-electron chi connectivity index (χ4n) is 5.11. The van der Waals surface area contributed by atoms with Gasteiger partial charge in [0.05, 0.1) is 30.1 Å². The van der Waals surface area contributed by atoms with E-state index < -0.39 is 5.60 Å². The second kappa shape index (κ2) is 6.33. The van der Waals surface area contributed by atoms with Crippen LogP contribution in [0, 0.1) is 11.3 Å². The maximum atomic E-state index is 11.4. The summed E-state index contributed by atoms with van der Waals surface area (Å²) in [5.41, 5.74) is 2.94. The first-order valence-corrected chi connectivity index (χ1v) is 9.75. The number of hydrogen-bond donors (Lipinski definition) is 1. The van der Waals surface area contributed by atoms with Gasteiger partial charge in [0.1, 0.15) is 11.9 Å². The predicted molar refractivity (Wildman–Crippen MR) is 101 cm³/mol. The van der Waals surface area contributed by atoms with Gasteiger partial charge in [-0.05, 0) is 36.5 Å². The van der Waals surface area contributed by atoms with Crippen LogP contribution in [0.4, 0.5) is 5.82 Å². The smallest absolute Gasteiger partial charge is 0.147 e. The van der Waals surface area contributed by atoms with Crippen LogP contribution < -0.4 is 4.90 Å². The summed E-state index contributed by atoms with van der Waals surface area (Å²) in [6, 6.07) is 14.8. The highest BCUT2D eigenvalue weighted by molar-refractivity contribution is 5.59. The Morgan fingerprint density at radius 2 is 1.93 bits per heavy atom. The summed E-state index contributed by atoms with van der Waals surface area (Å²) in [6.45, 7) is 1.21. The van der Waals surface area contributed by atoms with Crippen LogP contribution in [-0.2, 0) is 23.4 Å². The molecule has 1 aromatic heterocycles. The Balaban J connectivity index is 1.51. The predicted octanol–water partition coefficient (Wildman–Crippen LogP) is 3.04. The molecule has 4 heterocycles. The molecule has 2 unspecified atom stereocenters. The van der Waals surface area contributed by atoms with Gasteiger partial charge in [-0.25, -0.2) is 4.98 Å². The highest BCUT2D eigenvalue weighted by atomic mass is 16.5. The van der Waals surface area contributed by atoms with E-state index in [0.29, 0.717) is 31.6 Å². The monoisotopic (exact) mass is 361 g/mol. The molecule has 1 aromatic carbocycles. The fourth-order valence-corrected chi connectivity index (χ4v) is 5.11. The average Bonchev–Trinajstić information content (AvgIpc) is 2.99. The van der Waals surface area contributed by atoms with E-state index in [1.807, 2.05) is 36.4 Å². The molecule has 2 bridgehead atoms. The topological polar surface area (TPSA) is 69.4 Å². The molecule has 5 heteroatoms. The van der Waals surface area contributed by atoms with Gasteiger partial charge in [-0.1, -0.05) is 30.3 Å². The van der Waals surface area contributed by atoms with Gasteiger partial charge in [0.2, 0.25) is 0 Å². The van der Waals surface area contributed by atoms with Crippen molar-refractivity contribution in [3.05, 3.63) is 58.8 Å². The standard InChI is InChI=1S/C22H23N3O2/c23-13-16-10-15-8-9-27-14-20(15)24-21(16)25-18-6-7-19(25)12-22(26,11-18)17-4-2-1-3-5-17/h1-5,10,18-19,26H,6-9,11-12,14H2. The zero-order valence-corrected chi connectivity index (χ0v) is 15.3. The van der Waals surface area contributed by atoms with E-state index in [2.05, 4.69) is 11.0 Å². The van der Waals surface area contributed by atoms with Gasteiger partial charge in [0, 0.05) is 24.9 Å². The summed E-state index contributed by atoms with van der Waals surface area (Å²) in [5.74, 6) is 0.782. The van der Waals surface area contributed by atoms with Crippen molar-refractivity contribution in [2.75, 3.05) is 11.5 Å². The van der Waals surface area contributed by atoms with Gasteiger partial charge in [0.25, 0.3) is 0 Å². The number of nitriles is 1. The summed E-state index contributed by atoms with van der Waals surface area (Å²) in [5, 5.41) is 21.1. The molecule has 0 aliphatic carbocycles. The van der Waals surface area contributed by atoms with E-state index in [-0.39, 0.29) is 12.1 Å². The molecule has 5 rings (SSSR count). The number of nitrogens with zero attached hydrogens (tertiary/aromatic N) is 3. The maximum absolute atomic E-state index is 11.4. The number of piperidine rings is 1. The molecule has 2 saturated heterocycles. The lowest BCUT2D eigenvalue weighted by Crippen LogP contribution is -2.50.